The highest BCUT2D eigenvalue weighted by atomic mass is 15.2. The summed E-state index contributed by atoms with van der Waals surface area (Å²) in [5, 5.41) is 9.52. The third-order valence-electron chi connectivity index (χ3n) is 28.1. The van der Waals surface area contributed by atoms with E-state index in [2.05, 4.69) is 482 Å². The van der Waals surface area contributed by atoms with Crippen molar-refractivity contribution >= 4 is 105 Å². The summed E-state index contributed by atoms with van der Waals surface area (Å²) in [5.74, 6) is 0. The Bertz CT molecular complexity index is 7950. The largest absolute Gasteiger partial charge is 0.310 e. The van der Waals surface area contributed by atoms with Crippen LogP contribution in [0, 0.1) is 0 Å². The van der Waals surface area contributed by atoms with Crippen LogP contribution in [-0.2, 0) is 16.2 Å². The van der Waals surface area contributed by atoms with Crippen molar-refractivity contribution in [3.8, 4) is 55.9 Å². The smallest absolute Gasteiger partial charge is 0.0713 e. The molecule has 21 aromatic rings. The Hall–Kier alpha value is -15.6. The molecular formula is C121H84N4. The van der Waals surface area contributed by atoms with Gasteiger partial charge < -0.3 is 18.9 Å². The normalized spacial score (nSPS) is 15.0. The van der Waals surface area contributed by atoms with Crippen molar-refractivity contribution in [1.82, 2.24) is 9.13 Å². The molecule has 0 radical (unpaired) electrons. The molecule has 125 heavy (non-hydrogen) atoms. The summed E-state index contributed by atoms with van der Waals surface area (Å²) in [6, 6.07) is 165. The van der Waals surface area contributed by atoms with Gasteiger partial charge in [0.25, 0.3) is 0 Å². The maximum absolute atomic E-state index is 2.56. The third kappa shape index (κ3) is 10.8. The molecular weight excluding hydrogens is 1510 g/mol. The lowest BCUT2D eigenvalue weighted by Gasteiger charge is -2.37. The standard InChI is InChI=1S/C121H84N4/c1-119(2)107-49-25-20-42-95(107)100-70-66-93(78-113(100)119)123(92-68-71-114-105(77-92)102-69-61-82(74-117(102)124(114)89-37-14-6-15-38-89)80-57-62-85(63-58-80)120(84-31-8-3-9-32-84)108-50-26-21-43-96(108)97-44-22-27-51-109(97)120)116-75-83-56-55-81(73-104(83)94-41-18-19-47-101(94)116)79-59-64-86(65-60-79)121(110-52-28-23-45-98(110)99-46-24-29-53-111(99)121)112-54-30-48-103-106-76-91(67-72-115(106)125(118(103)112)90-39-16-7-17-40-90)122(87-33-10-4-11-34-87)88-35-12-5-13-36-88/h3-28,30-52,54-78H,29,53H2,1-2H3. The summed E-state index contributed by atoms with van der Waals surface area (Å²) in [5.41, 5.74) is 37.8. The van der Waals surface area contributed by atoms with Crippen LogP contribution < -0.4 is 9.80 Å². The Kier molecular flexibility index (Phi) is 16.3. The summed E-state index contributed by atoms with van der Waals surface area (Å²) in [4.78, 5) is 4.94. The summed E-state index contributed by atoms with van der Waals surface area (Å²) >= 11 is 0. The van der Waals surface area contributed by atoms with Crippen LogP contribution in [0.2, 0.25) is 0 Å². The summed E-state index contributed by atoms with van der Waals surface area (Å²) in [6.45, 7) is 4.79. The quantitative estimate of drug-likeness (QED) is 0.101. The van der Waals surface area contributed by atoms with Crippen molar-refractivity contribution in [3.63, 3.8) is 0 Å². The lowest BCUT2D eigenvalue weighted by Crippen LogP contribution is -2.31. The van der Waals surface area contributed by atoms with E-state index in [1.807, 2.05) is 0 Å². The first-order valence-electron chi connectivity index (χ1n) is 43.9. The van der Waals surface area contributed by atoms with Crippen LogP contribution >= 0.6 is 0 Å². The number of benzene rings is 19. The van der Waals surface area contributed by atoms with Crippen LogP contribution in [0.4, 0.5) is 34.1 Å². The topological polar surface area (TPSA) is 16.3 Å². The molecule has 1 atom stereocenters. The second kappa shape index (κ2) is 28.2. The summed E-state index contributed by atoms with van der Waals surface area (Å²) in [7, 11) is 0. The monoisotopic (exact) mass is 1590 g/mol. The van der Waals surface area contributed by atoms with Crippen LogP contribution in [0.15, 0.2) is 455 Å². The molecule has 4 nitrogen and oxygen atoms in total. The molecule has 19 aromatic carbocycles. The van der Waals surface area contributed by atoms with Gasteiger partial charge in [0.2, 0.25) is 0 Å². The van der Waals surface area contributed by atoms with E-state index in [0.717, 1.165) is 86.0 Å². The lowest BCUT2D eigenvalue weighted by molar-refractivity contribution is 0.660. The van der Waals surface area contributed by atoms with Crippen molar-refractivity contribution in [2.24, 2.45) is 0 Å². The van der Waals surface area contributed by atoms with E-state index < -0.39 is 10.8 Å². The predicted molar refractivity (Wildman–Crippen MR) is 523 cm³/mol. The van der Waals surface area contributed by atoms with Crippen molar-refractivity contribution in [1.29, 1.82) is 0 Å². The molecule has 2 heterocycles. The molecule has 0 spiro atoms. The van der Waals surface area contributed by atoms with E-state index in [-0.39, 0.29) is 5.41 Å². The zero-order chi connectivity index (χ0) is 82.6. The first-order chi connectivity index (χ1) is 61.8. The molecule has 25 rings (SSSR count). The van der Waals surface area contributed by atoms with Gasteiger partial charge in [-0.1, -0.05) is 348 Å². The number of anilines is 6. The number of rotatable bonds is 14. The minimum absolute atomic E-state index is 0.233. The highest BCUT2D eigenvalue weighted by Crippen LogP contribution is 2.62. The fraction of sp³-hybridized carbons (Fsp3) is 0.0579. The molecule has 0 aliphatic heterocycles. The summed E-state index contributed by atoms with van der Waals surface area (Å²) < 4.78 is 5.03. The van der Waals surface area contributed by atoms with E-state index in [4.69, 9.17) is 0 Å². The van der Waals surface area contributed by atoms with Gasteiger partial charge in [-0.05, 0) is 256 Å². The fourth-order valence-corrected chi connectivity index (χ4v) is 22.7. The minimum atomic E-state index is -0.647. The van der Waals surface area contributed by atoms with Crippen molar-refractivity contribution in [2.75, 3.05) is 9.80 Å². The number of para-hydroxylation sites is 5. The fourth-order valence-electron chi connectivity index (χ4n) is 22.7. The second-order valence-electron chi connectivity index (χ2n) is 34.8. The van der Waals surface area contributed by atoms with E-state index in [9.17, 15) is 0 Å². The first-order valence-corrected chi connectivity index (χ1v) is 43.9. The second-order valence-corrected chi connectivity index (χ2v) is 34.8. The Labute approximate surface area is 727 Å². The van der Waals surface area contributed by atoms with Crippen LogP contribution in [-0.4, -0.2) is 9.13 Å². The number of nitrogens with zero attached hydrogens (tertiary/aromatic N) is 4. The molecule has 0 saturated heterocycles. The maximum atomic E-state index is 2.56. The van der Waals surface area contributed by atoms with Gasteiger partial charge in [0.05, 0.1) is 38.6 Å². The molecule has 4 aliphatic carbocycles. The molecule has 0 saturated carbocycles. The van der Waals surface area contributed by atoms with Gasteiger partial charge in [-0.3, -0.25) is 0 Å². The lowest BCUT2D eigenvalue weighted by atomic mass is 9.65. The predicted octanol–water partition coefficient (Wildman–Crippen LogP) is 31.6. The van der Waals surface area contributed by atoms with Crippen molar-refractivity contribution < 1.29 is 0 Å². The number of hydrogen-bond acceptors (Lipinski definition) is 2. The molecule has 588 valence electrons. The molecule has 0 bridgehead atoms. The van der Waals surface area contributed by atoms with E-state index >= 15 is 0 Å². The molecule has 1 unspecified atom stereocenters. The van der Waals surface area contributed by atoms with Crippen LogP contribution in [0.3, 0.4) is 0 Å². The van der Waals surface area contributed by atoms with Crippen molar-refractivity contribution in [2.45, 2.75) is 42.9 Å². The Balaban J connectivity index is 0.632. The zero-order valence-corrected chi connectivity index (χ0v) is 69.4. The highest BCUT2D eigenvalue weighted by Gasteiger charge is 2.50. The van der Waals surface area contributed by atoms with Crippen molar-refractivity contribution in [3.05, 3.63) is 510 Å². The van der Waals surface area contributed by atoms with Gasteiger partial charge in [-0.15, -0.1) is 0 Å². The average molecular weight is 1590 g/mol. The Morgan fingerprint density at radius 1 is 0.256 bits per heavy atom. The highest BCUT2D eigenvalue weighted by molar-refractivity contribution is 6.18. The molecule has 0 N–H and O–H groups in total. The Morgan fingerprint density at radius 3 is 1.36 bits per heavy atom. The molecule has 2 aromatic heterocycles. The van der Waals surface area contributed by atoms with Gasteiger partial charge in [0.1, 0.15) is 0 Å². The first kappa shape index (κ1) is 72.2. The molecule has 0 fully saturated rings. The third-order valence-corrected chi connectivity index (χ3v) is 28.1. The van der Waals surface area contributed by atoms with Gasteiger partial charge >= 0.3 is 0 Å². The average Bonchev–Trinajstić information content (AvgIpc) is 1.53. The number of allylic oxidation sites excluding steroid dienone is 4. The minimum Gasteiger partial charge on any atom is -0.310 e. The molecule has 4 aliphatic rings. The van der Waals surface area contributed by atoms with E-state index in [1.165, 1.54) is 149 Å². The van der Waals surface area contributed by atoms with Crippen LogP contribution in [0.1, 0.15) is 82.3 Å². The van der Waals surface area contributed by atoms with Gasteiger partial charge in [0.15, 0.2) is 0 Å². The number of hydrogen-bond donors (Lipinski definition) is 0. The molecule has 0 amide bonds. The number of aromatic nitrogens is 2. The van der Waals surface area contributed by atoms with Crippen LogP contribution in [0.5, 0.6) is 0 Å². The summed E-state index contributed by atoms with van der Waals surface area (Å²) in [6.07, 6.45) is 6.70. The van der Waals surface area contributed by atoms with Gasteiger partial charge in [-0.2, -0.15) is 0 Å². The zero-order valence-electron chi connectivity index (χ0n) is 69.4. The number of fused-ring (bicyclic) bond motifs is 17. The van der Waals surface area contributed by atoms with Gasteiger partial charge in [0, 0.05) is 72.2 Å². The van der Waals surface area contributed by atoms with E-state index in [0.29, 0.717) is 0 Å². The Morgan fingerprint density at radius 2 is 0.712 bits per heavy atom. The van der Waals surface area contributed by atoms with E-state index in [1.54, 1.807) is 0 Å². The SMILES string of the molecule is CC1(C)c2ccccc2-c2ccc(N(c3ccc4c(c3)c3ccc(-c5ccc(C6(c7ccccc7)c7ccccc7-c7ccccc76)cc5)cc3n4-c3ccccc3)c3cc4ccc(-c5ccc(C6(c7cccc8c9cc(N(c%10ccccc%10)c%10ccccc%10)ccc9n(-c9ccccc9)c78)C7=C(C=CCC7)c7ccccc76)cc5)cc4c4ccccc34)cc21. The van der Waals surface area contributed by atoms with Crippen LogP contribution in [0.25, 0.3) is 127 Å². The molecule has 4 heteroatoms. The maximum Gasteiger partial charge on any atom is 0.0713 e. The van der Waals surface area contributed by atoms with Gasteiger partial charge in [-0.25, -0.2) is 0 Å².